The zero-order chi connectivity index (χ0) is 6.85. The van der Waals surface area contributed by atoms with Crippen molar-refractivity contribution in [1.29, 1.82) is 0 Å². The fraction of sp³-hybridized carbons (Fsp3) is 0.250. The third-order valence-electron chi connectivity index (χ3n) is 0.873. The Morgan fingerprint density at radius 1 is 1.78 bits per heavy atom. The number of halogens is 1. The molecule has 0 radical (unpaired) electrons. The Morgan fingerprint density at radius 2 is 2.44 bits per heavy atom. The number of alkyl halides is 1. The van der Waals surface area contributed by atoms with Gasteiger partial charge in [-0.2, -0.15) is 0 Å². The van der Waals surface area contributed by atoms with Crippen molar-refractivity contribution in [1.82, 2.24) is 9.97 Å². The van der Waals surface area contributed by atoms with Crippen molar-refractivity contribution < 1.29 is 5.11 Å². The average molecular weight is 149 g/mol. The molecule has 0 spiro atoms. The molecule has 0 aliphatic rings. The van der Waals surface area contributed by atoms with Gasteiger partial charge in [0, 0.05) is 6.20 Å². The van der Waals surface area contributed by atoms with E-state index in [4.69, 9.17) is 16.7 Å². The lowest BCUT2D eigenvalue weighted by molar-refractivity contribution is 0.258. The zero-order valence-corrected chi connectivity index (χ0v) is 5.14. The number of H-pyrrole nitrogens is 2. The van der Waals surface area contributed by atoms with Gasteiger partial charge in [0.1, 0.15) is 0 Å². The monoisotopic (exact) mass is 148 g/mol. The van der Waals surface area contributed by atoms with Crippen LogP contribution in [0.1, 0.15) is 11.3 Å². The summed E-state index contributed by atoms with van der Waals surface area (Å²) in [4.78, 5) is 14.9. The minimum Gasteiger partial charge on any atom is -0.372 e. The molecule has 4 nitrogen and oxygen atoms in total. The third kappa shape index (κ3) is 1.34. The van der Waals surface area contributed by atoms with E-state index in [0.717, 1.165) is 0 Å². The Balaban J connectivity index is 2.98. The van der Waals surface area contributed by atoms with E-state index in [1.165, 1.54) is 6.20 Å². The number of hydrogen-bond acceptors (Lipinski definition) is 2. The predicted octanol–water partition coefficient (Wildman–Crippen LogP) is -0.0673. The maximum atomic E-state index is 10.3. The van der Waals surface area contributed by atoms with E-state index in [9.17, 15) is 4.79 Å². The molecule has 0 amide bonds. The van der Waals surface area contributed by atoms with Crippen LogP contribution in [0, 0.1) is 0 Å². The molecule has 0 aliphatic carbocycles. The predicted molar refractivity (Wildman–Crippen MR) is 32.2 cm³/mol. The molecule has 9 heavy (non-hydrogen) atoms. The quantitative estimate of drug-likeness (QED) is 0.488. The molecule has 1 heterocycles. The highest BCUT2D eigenvalue weighted by Gasteiger charge is 2.02. The maximum Gasteiger partial charge on any atom is 0.323 e. The minimum atomic E-state index is -1.14. The number of rotatable bonds is 1. The van der Waals surface area contributed by atoms with Crippen LogP contribution in [0.5, 0.6) is 0 Å². The molecular weight excluding hydrogens is 144 g/mol. The lowest BCUT2D eigenvalue weighted by Gasteiger charge is -1.92. The standard InChI is InChI=1S/C4H5ClN2O2/c5-3(8)2-1-6-4(9)7-2/h1,3,8H,(H2,6,7,9). The van der Waals surface area contributed by atoms with Crippen molar-refractivity contribution in [3.63, 3.8) is 0 Å². The summed E-state index contributed by atoms with van der Waals surface area (Å²) < 4.78 is 0. The first kappa shape index (κ1) is 6.38. The molecule has 1 atom stereocenters. The zero-order valence-electron chi connectivity index (χ0n) is 4.39. The fourth-order valence-electron chi connectivity index (χ4n) is 0.475. The number of aliphatic hydroxyl groups excluding tert-OH is 1. The molecule has 0 aromatic carbocycles. The molecule has 50 valence electrons. The minimum absolute atomic E-state index is 0.279. The third-order valence-corrected chi connectivity index (χ3v) is 1.11. The Bertz CT molecular complexity index is 239. The van der Waals surface area contributed by atoms with Crippen molar-refractivity contribution in [3.05, 3.63) is 22.4 Å². The van der Waals surface area contributed by atoms with Crippen molar-refractivity contribution in [2.45, 2.75) is 5.56 Å². The first-order valence-electron chi connectivity index (χ1n) is 2.30. The van der Waals surface area contributed by atoms with Gasteiger partial charge in [-0.15, -0.1) is 0 Å². The van der Waals surface area contributed by atoms with Crippen molar-refractivity contribution in [3.8, 4) is 0 Å². The van der Waals surface area contributed by atoms with E-state index in [1.807, 2.05) is 0 Å². The fourth-order valence-corrected chi connectivity index (χ4v) is 0.592. The molecule has 1 aromatic rings. The SMILES string of the molecule is O=c1[nH]cc(C(O)Cl)[nH]1. The first-order chi connectivity index (χ1) is 4.20. The van der Waals surface area contributed by atoms with E-state index in [2.05, 4.69) is 9.97 Å². The molecule has 0 saturated heterocycles. The van der Waals surface area contributed by atoms with Gasteiger partial charge in [0.05, 0.1) is 5.69 Å². The van der Waals surface area contributed by atoms with Gasteiger partial charge in [-0.25, -0.2) is 4.79 Å². The number of imidazole rings is 1. The molecule has 1 rings (SSSR count). The van der Waals surface area contributed by atoms with Crippen molar-refractivity contribution >= 4 is 11.6 Å². The van der Waals surface area contributed by atoms with E-state index in [-0.39, 0.29) is 11.4 Å². The molecule has 5 heteroatoms. The highest BCUT2D eigenvalue weighted by Crippen LogP contribution is 2.09. The van der Waals surface area contributed by atoms with E-state index < -0.39 is 5.56 Å². The second kappa shape index (κ2) is 2.24. The molecule has 3 N–H and O–H groups in total. The lowest BCUT2D eigenvalue weighted by atomic mass is 10.5. The van der Waals surface area contributed by atoms with Crippen LogP contribution in [0.4, 0.5) is 0 Å². The summed E-state index contributed by atoms with van der Waals surface area (Å²) in [6, 6.07) is 0. The van der Waals surface area contributed by atoms with Crippen molar-refractivity contribution in [2.75, 3.05) is 0 Å². The van der Waals surface area contributed by atoms with Crippen LogP contribution in [-0.4, -0.2) is 15.1 Å². The Labute approximate surface area is 55.5 Å². The van der Waals surface area contributed by atoms with Gasteiger partial charge in [0.25, 0.3) is 0 Å². The van der Waals surface area contributed by atoms with Crippen molar-refractivity contribution in [2.24, 2.45) is 0 Å². The van der Waals surface area contributed by atoms with Gasteiger partial charge in [-0.1, -0.05) is 11.6 Å². The van der Waals surface area contributed by atoms with E-state index in [1.54, 1.807) is 0 Å². The van der Waals surface area contributed by atoms with Crippen LogP contribution < -0.4 is 5.69 Å². The maximum absolute atomic E-state index is 10.3. The summed E-state index contributed by atoms with van der Waals surface area (Å²) in [5, 5.41) is 8.61. The molecular formula is C4H5ClN2O2. The summed E-state index contributed by atoms with van der Waals surface area (Å²) >= 11 is 5.18. The molecule has 0 aliphatic heterocycles. The second-order valence-electron chi connectivity index (χ2n) is 1.53. The van der Waals surface area contributed by atoms with E-state index >= 15 is 0 Å². The first-order valence-corrected chi connectivity index (χ1v) is 2.73. The van der Waals surface area contributed by atoms with Gasteiger partial charge in [-0.05, 0) is 0 Å². The van der Waals surface area contributed by atoms with Gasteiger partial charge in [-0.3, -0.25) is 0 Å². The average Bonchev–Trinajstić information content (AvgIpc) is 2.14. The highest BCUT2D eigenvalue weighted by molar-refractivity contribution is 6.19. The van der Waals surface area contributed by atoms with Gasteiger partial charge < -0.3 is 15.1 Å². The number of aliphatic hydroxyl groups is 1. The molecule has 0 fully saturated rings. The normalized spacial score (nSPS) is 13.6. The van der Waals surface area contributed by atoms with Crippen LogP contribution in [0.2, 0.25) is 0 Å². The number of aromatic amines is 2. The Hall–Kier alpha value is -0.740. The summed E-state index contributed by atoms with van der Waals surface area (Å²) in [7, 11) is 0. The topological polar surface area (TPSA) is 68.9 Å². The Kier molecular flexibility index (Phi) is 1.59. The summed E-state index contributed by atoms with van der Waals surface area (Å²) in [5.74, 6) is 0. The second-order valence-corrected chi connectivity index (χ2v) is 1.95. The van der Waals surface area contributed by atoms with Crippen LogP contribution in [0.3, 0.4) is 0 Å². The summed E-state index contributed by atoms with van der Waals surface area (Å²) in [6.07, 6.45) is 1.32. The highest BCUT2D eigenvalue weighted by atomic mass is 35.5. The molecule has 1 unspecified atom stereocenters. The number of nitrogens with one attached hydrogen (secondary N) is 2. The molecule has 0 saturated carbocycles. The Morgan fingerprint density at radius 3 is 2.67 bits per heavy atom. The van der Waals surface area contributed by atoms with Gasteiger partial charge in [0.15, 0.2) is 5.56 Å². The van der Waals surface area contributed by atoms with Crippen LogP contribution in [-0.2, 0) is 0 Å². The summed E-state index contributed by atoms with van der Waals surface area (Å²) in [6.45, 7) is 0. The van der Waals surface area contributed by atoms with Gasteiger partial charge in [0.2, 0.25) is 0 Å². The lowest BCUT2D eigenvalue weighted by Crippen LogP contribution is -2.01. The molecule has 0 bridgehead atoms. The number of hydrogen-bond donors (Lipinski definition) is 3. The van der Waals surface area contributed by atoms with Crippen LogP contribution >= 0.6 is 11.6 Å². The largest absolute Gasteiger partial charge is 0.372 e. The van der Waals surface area contributed by atoms with E-state index in [0.29, 0.717) is 0 Å². The van der Waals surface area contributed by atoms with Gasteiger partial charge >= 0.3 is 5.69 Å². The molecule has 1 aromatic heterocycles. The summed E-state index contributed by atoms with van der Waals surface area (Å²) in [5.41, 5.74) is -1.23. The van der Waals surface area contributed by atoms with Crippen LogP contribution in [0.15, 0.2) is 11.0 Å². The van der Waals surface area contributed by atoms with Crippen LogP contribution in [0.25, 0.3) is 0 Å². The number of aromatic nitrogens is 2. The smallest absolute Gasteiger partial charge is 0.323 e.